The van der Waals surface area contributed by atoms with E-state index in [2.05, 4.69) is 25.8 Å². The molecule has 4 heterocycles. The Morgan fingerprint density at radius 1 is 1.02 bits per heavy atom. The summed E-state index contributed by atoms with van der Waals surface area (Å²) in [6, 6.07) is 10.6. The second kappa shape index (κ2) is 14.8. The molecule has 7 rings (SSSR count). The molecule has 9 N–H and O–H groups in total. The van der Waals surface area contributed by atoms with E-state index in [9.17, 15) is 24.6 Å². The predicted octanol–water partition coefficient (Wildman–Crippen LogP) is 1.61. The number of para-hydroxylation sites is 1. The van der Waals surface area contributed by atoms with Crippen molar-refractivity contribution in [1.29, 1.82) is 0 Å². The van der Waals surface area contributed by atoms with Crippen molar-refractivity contribution in [3.8, 4) is 11.1 Å². The van der Waals surface area contributed by atoms with E-state index in [1.807, 2.05) is 43.0 Å². The fourth-order valence-electron chi connectivity index (χ4n) is 7.05. The highest BCUT2D eigenvalue weighted by Gasteiger charge is 2.40. The lowest BCUT2D eigenvalue weighted by Crippen LogP contribution is -2.50. The van der Waals surface area contributed by atoms with E-state index in [-0.39, 0.29) is 58.4 Å². The van der Waals surface area contributed by atoms with Gasteiger partial charge in [-0.15, -0.1) is 0 Å². The number of pyridine rings is 1. The van der Waals surface area contributed by atoms with E-state index in [1.165, 1.54) is 17.0 Å². The predicted molar refractivity (Wildman–Crippen MR) is 202 cm³/mol. The highest BCUT2D eigenvalue weighted by atomic mass is 16.5. The number of fused-ring (bicyclic) bond motifs is 3. The molecule has 0 spiro atoms. The highest BCUT2D eigenvalue weighted by molar-refractivity contribution is 5.96. The van der Waals surface area contributed by atoms with Crippen LogP contribution < -0.4 is 32.3 Å². The number of allylic oxidation sites excluding steroid dienone is 1. The maximum Gasteiger partial charge on any atom is 0.272 e. The van der Waals surface area contributed by atoms with Crippen LogP contribution in [0.2, 0.25) is 0 Å². The van der Waals surface area contributed by atoms with Crippen molar-refractivity contribution in [3.05, 3.63) is 83.0 Å². The van der Waals surface area contributed by atoms with Crippen molar-refractivity contribution >= 4 is 29.1 Å². The minimum absolute atomic E-state index is 0.0000879. The van der Waals surface area contributed by atoms with E-state index in [1.54, 1.807) is 24.1 Å². The number of likely N-dealkylation sites (tertiary alicyclic amines) is 1. The molecule has 4 aliphatic rings. The second-order valence-electron chi connectivity index (χ2n) is 14.7. The average molecular weight is 740 g/mol. The van der Waals surface area contributed by atoms with E-state index in [4.69, 9.17) is 16.6 Å². The van der Waals surface area contributed by atoms with Gasteiger partial charge in [-0.25, -0.2) is 9.88 Å². The summed E-state index contributed by atoms with van der Waals surface area (Å²) in [7, 11) is 3.65. The quantitative estimate of drug-likeness (QED) is 0.0801. The van der Waals surface area contributed by atoms with Crippen molar-refractivity contribution < 1.29 is 24.6 Å². The Kier molecular flexibility index (Phi) is 10.1. The van der Waals surface area contributed by atoms with Crippen LogP contribution in [0.15, 0.2) is 65.9 Å². The van der Waals surface area contributed by atoms with Crippen molar-refractivity contribution in [3.63, 3.8) is 0 Å². The van der Waals surface area contributed by atoms with Crippen LogP contribution in [0.25, 0.3) is 11.1 Å². The summed E-state index contributed by atoms with van der Waals surface area (Å²) < 4.78 is 2.04. The van der Waals surface area contributed by atoms with Crippen molar-refractivity contribution in [1.82, 2.24) is 35.2 Å². The van der Waals surface area contributed by atoms with E-state index in [0.29, 0.717) is 44.7 Å². The molecule has 1 aromatic carbocycles. The molecule has 3 amide bonds. The topological polar surface area (TPSA) is 220 Å². The number of nitrogens with one attached hydrogen (secondary N) is 3. The van der Waals surface area contributed by atoms with Gasteiger partial charge < -0.3 is 47.4 Å². The Labute approximate surface area is 313 Å². The Balaban J connectivity index is 1.10. The molecule has 0 atom stereocenters. The minimum atomic E-state index is -2.35. The molecule has 0 radical (unpaired) electrons. The molecule has 2 aromatic heterocycles. The van der Waals surface area contributed by atoms with Gasteiger partial charge in [-0.2, -0.15) is 5.10 Å². The summed E-state index contributed by atoms with van der Waals surface area (Å²) >= 11 is 0. The maximum atomic E-state index is 13.1. The zero-order valence-corrected chi connectivity index (χ0v) is 30.9. The van der Waals surface area contributed by atoms with Gasteiger partial charge in [0.15, 0.2) is 0 Å². The normalized spacial score (nSPS) is 18.3. The summed E-state index contributed by atoms with van der Waals surface area (Å²) in [6.45, 7) is 3.63. The van der Waals surface area contributed by atoms with E-state index in [0.717, 1.165) is 48.2 Å². The summed E-state index contributed by atoms with van der Waals surface area (Å²) in [5, 5.41) is 36.4. The fraction of sp³-hybridized carbons (Fsp3) is 0.447. The largest absolute Gasteiger partial charge is 0.393 e. The maximum absolute atomic E-state index is 13.1. The van der Waals surface area contributed by atoms with Gasteiger partial charge in [0.2, 0.25) is 5.91 Å². The zero-order valence-electron chi connectivity index (χ0n) is 30.9. The van der Waals surface area contributed by atoms with Crippen LogP contribution in [-0.2, 0) is 22.0 Å². The summed E-state index contributed by atoms with van der Waals surface area (Å²) in [6.07, 6.45) is 8.02. The SMILES string of the molecule is CCN(C)C(=O)c1cccc(C(O)(O)N2CCC(n3ncc4c3CN(C)c3c(NC(/C=C(\N)NC(=O)C5CC5)=C(/N)C(=O)NC5CC5)cccc3-4)CC2)n1. The molecule has 16 nitrogen and oxygen atoms in total. The number of piperidine rings is 1. The van der Waals surface area contributed by atoms with Crippen LogP contribution in [0.5, 0.6) is 0 Å². The number of carbonyl (C=O) groups is 3. The zero-order chi connectivity index (χ0) is 38.3. The number of benzene rings is 1. The third-order valence-electron chi connectivity index (χ3n) is 10.6. The first kappa shape index (κ1) is 36.9. The lowest BCUT2D eigenvalue weighted by Gasteiger charge is -2.40. The first-order chi connectivity index (χ1) is 25.8. The number of hydrogen-bond donors (Lipinski definition) is 7. The van der Waals surface area contributed by atoms with Gasteiger partial charge in [0.1, 0.15) is 22.9 Å². The molecule has 286 valence electrons. The van der Waals surface area contributed by atoms with Gasteiger partial charge in [0, 0.05) is 62.9 Å². The molecule has 1 saturated heterocycles. The van der Waals surface area contributed by atoms with Crippen LogP contribution in [0.1, 0.15) is 73.4 Å². The second-order valence-corrected chi connectivity index (χ2v) is 14.7. The summed E-state index contributed by atoms with van der Waals surface area (Å²) in [4.78, 5) is 47.7. The lowest BCUT2D eigenvalue weighted by molar-refractivity contribution is -0.282. The van der Waals surface area contributed by atoms with Gasteiger partial charge in [0.05, 0.1) is 41.5 Å². The molecule has 2 aliphatic carbocycles. The van der Waals surface area contributed by atoms with Gasteiger partial charge in [-0.1, -0.05) is 18.2 Å². The lowest BCUT2D eigenvalue weighted by atomic mass is 9.96. The molecule has 54 heavy (non-hydrogen) atoms. The van der Waals surface area contributed by atoms with Crippen molar-refractivity contribution in [2.24, 2.45) is 17.4 Å². The number of hydrogen-bond acceptors (Lipinski definition) is 12. The Bertz CT molecular complexity index is 2010. The number of anilines is 2. The number of nitrogens with zero attached hydrogens (tertiary/aromatic N) is 6. The number of aromatic nitrogens is 3. The van der Waals surface area contributed by atoms with Gasteiger partial charge >= 0.3 is 0 Å². The number of carbonyl (C=O) groups excluding carboxylic acids is 3. The molecular formula is C38H49N11O5. The third-order valence-corrected chi connectivity index (χ3v) is 10.6. The average Bonchev–Trinajstić information content (AvgIpc) is 4.12. The number of amides is 3. The first-order valence-corrected chi connectivity index (χ1v) is 18.5. The van der Waals surface area contributed by atoms with Crippen LogP contribution in [-0.4, -0.2) is 92.3 Å². The monoisotopic (exact) mass is 739 g/mol. The minimum Gasteiger partial charge on any atom is -0.393 e. The van der Waals surface area contributed by atoms with Crippen molar-refractivity contribution in [2.45, 2.75) is 70.0 Å². The molecule has 3 fully saturated rings. The molecule has 3 aromatic rings. The highest BCUT2D eigenvalue weighted by Crippen LogP contribution is 2.44. The molecule has 2 aliphatic heterocycles. The first-order valence-electron chi connectivity index (χ1n) is 18.5. The van der Waals surface area contributed by atoms with E-state index < -0.39 is 11.8 Å². The van der Waals surface area contributed by atoms with E-state index >= 15 is 0 Å². The Morgan fingerprint density at radius 3 is 2.43 bits per heavy atom. The Hall–Kier alpha value is -5.45. The molecule has 16 heteroatoms. The number of nitrogens with two attached hydrogens (primary N) is 2. The summed E-state index contributed by atoms with van der Waals surface area (Å²) in [5.41, 5.74) is 17.5. The molecule has 0 unspecified atom stereocenters. The van der Waals surface area contributed by atoms with Crippen LogP contribution in [0, 0.1) is 5.92 Å². The fourth-order valence-corrected chi connectivity index (χ4v) is 7.05. The van der Waals surface area contributed by atoms with Gasteiger partial charge in [0.25, 0.3) is 17.7 Å². The number of rotatable bonds is 12. The van der Waals surface area contributed by atoms with Crippen molar-refractivity contribution in [2.75, 3.05) is 43.9 Å². The van der Waals surface area contributed by atoms with Crippen LogP contribution >= 0.6 is 0 Å². The molecule has 2 saturated carbocycles. The smallest absolute Gasteiger partial charge is 0.272 e. The van der Waals surface area contributed by atoms with Crippen LogP contribution in [0.4, 0.5) is 11.4 Å². The van der Waals surface area contributed by atoms with Gasteiger partial charge in [-0.05, 0) is 63.6 Å². The van der Waals surface area contributed by atoms with Gasteiger partial charge in [-0.3, -0.25) is 19.1 Å². The molecular weight excluding hydrogens is 690 g/mol. The van der Waals surface area contributed by atoms with Crippen LogP contribution in [0.3, 0.4) is 0 Å². The Morgan fingerprint density at radius 2 is 1.74 bits per heavy atom. The summed E-state index contributed by atoms with van der Waals surface area (Å²) in [5.74, 6) is -3.17. The number of aliphatic hydroxyl groups is 2. The molecule has 0 bridgehead atoms. The standard InChI is InChI=1S/C38H49N11O5/c1-4-46(2)37(52)28-9-6-10-31(44-28)38(53,54)48-17-15-24(16-18-48)49-30-21-47(3)34-25(26(30)20-41-49)7-5-8-27(34)43-29(33(40)36(51)42-23-13-14-23)19-32(39)45-35(50)22-11-12-22/h5-10,19-20,22-24,43,53-54H,4,11-18,21,39-40H2,1-3H3,(H,42,51)(H,45,50)/b32-19+,33-29+. The third kappa shape index (κ3) is 7.49.